The molecular formula is C82H142N2O6P+. The molecule has 3 N–H and O–H groups in total. The van der Waals surface area contributed by atoms with Gasteiger partial charge in [-0.2, -0.15) is 0 Å². The zero-order valence-electron chi connectivity index (χ0n) is 59.5. The van der Waals surface area contributed by atoms with Gasteiger partial charge in [0.05, 0.1) is 39.9 Å². The first-order valence-corrected chi connectivity index (χ1v) is 38.9. The minimum absolute atomic E-state index is 0.0440. The summed E-state index contributed by atoms with van der Waals surface area (Å²) in [5.41, 5.74) is 0. The fourth-order valence-corrected chi connectivity index (χ4v) is 11.0. The summed E-state index contributed by atoms with van der Waals surface area (Å²) in [4.78, 5) is 23.4. The first-order valence-electron chi connectivity index (χ1n) is 37.4. The van der Waals surface area contributed by atoms with Crippen molar-refractivity contribution in [2.45, 2.75) is 315 Å². The molecule has 0 rings (SSSR count). The number of likely N-dealkylation sites (N-methyl/N-ethyl adjacent to an activating group) is 1. The van der Waals surface area contributed by atoms with Gasteiger partial charge < -0.3 is 19.8 Å². The maximum Gasteiger partial charge on any atom is 0.472 e. The summed E-state index contributed by atoms with van der Waals surface area (Å²) in [6.07, 6.45) is 110. The van der Waals surface area contributed by atoms with Gasteiger partial charge in [-0.05, 0) is 122 Å². The Kier molecular flexibility index (Phi) is 67.4. The molecule has 0 aliphatic rings. The van der Waals surface area contributed by atoms with E-state index < -0.39 is 20.0 Å². The number of rotatable bonds is 67. The largest absolute Gasteiger partial charge is 0.472 e. The van der Waals surface area contributed by atoms with Crippen LogP contribution in [-0.2, 0) is 18.4 Å². The van der Waals surface area contributed by atoms with Crippen molar-refractivity contribution in [1.82, 2.24) is 5.32 Å². The molecule has 0 saturated carbocycles. The van der Waals surface area contributed by atoms with Crippen molar-refractivity contribution < 1.29 is 32.9 Å². The molecule has 0 bridgehead atoms. The number of quaternary nitrogens is 1. The Labute approximate surface area is 562 Å². The highest BCUT2D eigenvalue weighted by Crippen LogP contribution is 2.43. The Morgan fingerprint density at radius 1 is 0.385 bits per heavy atom. The molecule has 0 heterocycles. The van der Waals surface area contributed by atoms with E-state index in [0.717, 1.165) is 122 Å². The maximum absolute atomic E-state index is 13.1. The van der Waals surface area contributed by atoms with Crippen LogP contribution in [-0.4, -0.2) is 73.4 Å². The summed E-state index contributed by atoms with van der Waals surface area (Å²) in [5, 5.41) is 14.0. The minimum Gasteiger partial charge on any atom is -0.387 e. The lowest BCUT2D eigenvalue weighted by atomic mass is 10.0. The molecule has 0 aliphatic carbocycles. The smallest absolute Gasteiger partial charge is 0.387 e. The number of allylic oxidation sites excluding steroid dienone is 25. The van der Waals surface area contributed by atoms with E-state index in [9.17, 15) is 19.4 Å². The molecule has 0 aromatic heterocycles. The van der Waals surface area contributed by atoms with Crippen molar-refractivity contribution in [1.29, 1.82) is 0 Å². The van der Waals surface area contributed by atoms with Crippen LogP contribution in [0, 0.1) is 0 Å². The van der Waals surface area contributed by atoms with Gasteiger partial charge in [0.1, 0.15) is 13.2 Å². The Bertz CT molecular complexity index is 2050. The summed E-state index contributed by atoms with van der Waals surface area (Å²) in [7, 11) is 1.52. The first-order chi connectivity index (χ1) is 44.5. The second kappa shape index (κ2) is 70.4. The van der Waals surface area contributed by atoms with Crippen LogP contribution in [0.4, 0.5) is 0 Å². The van der Waals surface area contributed by atoms with Crippen LogP contribution >= 0.6 is 7.82 Å². The first kappa shape index (κ1) is 87.1. The molecule has 0 radical (unpaired) electrons. The molecule has 1 amide bonds. The number of aliphatic hydroxyl groups is 1. The molecule has 9 heteroatoms. The lowest BCUT2D eigenvalue weighted by Gasteiger charge is -2.25. The summed E-state index contributed by atoms with van der Waals surface area (Å²) in [6, 6.07) is -0.888. The van der Waals surface area contributed by atoms with E-state index in [1.165, 1.54) is 161 Å². The van der Waals surface area contributed by atoms with Crippen LogP contribution in [0.5, 0.6) is 0 Å². The number of unbranched alkanes of at least 4 members (excludes halogenated alkanes) is 30. The third-order valence-corrected chi connectivity index (χ3v) is 16.9. The van der Waals surface area contributed by atoms with Crippen LogP contribution < -0.4 is 5.32 Å². The van der Waals surface area contributed by atoms with Crippen LogP contribution in [0.15, 0.2) is 158 Å². The quantitative estimate of drug-likeness (QED) is 0.0243. The molecule has 0 aromatic rings. The lowest BCUT2D eigenvalue weighted by molar-refractivity contribution is -0.870. The Balaban J connectivity index is 4.18. The number of carbonyl (C=O) groups excluding carboxylic acids is 1. The molecule has 91 heavy (non-hydrogen) atoms. The highest BCUT2D eigenvalue weighted by atomic mass is 31.2. The number of nitrogens with one attached hydrogen (secondary N) is 1. The zero-order chi connectivity index (χ0) is 66.2. The molecule has 0 aliphatic heterocycles. The highest BCUT2D eigenvalue weighted by molar-refractivity contribution is 7.47. The number of hydrogen-bond donors (Lipinski definition) is 3. The summed E-state index contributed by atoms with van der Waals surface area (Å²) in [5.74, 6) is -0.203. The molecule has 3 unspecified atom stereocenters. The molecular weight excluding hydrogens is 1140 g/mol. The van der Waals surface area contributed by atoms with Gasteiger partial charge in [-0.15, -0.1) is 0 Å². The van der Waals surface area contributed by atoms with Crippen molar-refractivity contribution in [2.75, 3.05) is 40.9 Å². The van der Waals surface area contributed by atoms with Gasteiger partial charge in [-0.3, -0.25) is 13.8 Å². The SMILES string of the molecule is CC/C=C\C/C=C\C/C=C\C/C=C\C/C=C\C/C=C\C/C=C\C/C=C\C/C=C\C/C=C\CCCCCCCCCCC(=O)NC(COP(=O)(O)OCC[N+](C)(C)C)C(O)/C=C/CC/C=C/CC/C=C/CCCCCCCCCCCCCCCCCCCCCC. The Hall–Kier alpha value is -3.88. The van der Waals surface area contributed by atoms with Gasteiger partial charge in [0.15, 0.2) is 0 Å². The molecule has 520 valence electrons. The maximum atomic E-state index is 13.1. The third kappa shape index (κ3) is 73.4. The van der Waals surface area contributed by atoms with E-state index in [-0.39, 0.29) is 19.1 Å². The molecule has 0 aromatic carbocycles. The van der Waals surface area contributed by atoms with E-state index >= 15 is 0 Å². The summed E-state index contributed by atoms with van der Waals surface area (Å²) in [6.45, 7) is 4.68. The van der Waals surface area contributed by atoms with Gasteiger partial charge in [-0.1, -0.05) is 332 Å². The van der Waals surface area contributed by atoms with Crippen molar-refractivity contribution in [3.63, 3.8) is 0 Å². The minimum atomic E-state index is -4.38. The molecule has 8 nitrogen and oxygen atoms in total. The number of aliphatic hydroxyl groups excluding tert-OH is 1. The molecule has 3 atom stereocenters. The van der Waals surface area contributed by atoms with Crippen molar-refractivity contribution in [3.05, 3.63) is 158 Å². The highest BCUT2D eigenvalue weighted by Gasteiger charge is 2.28. The van der Waals surface area contributed by atoms with E-state index in [0.29, 0.717) is 17.4 Å². The van der Waals surface area contributed by atoms with Gasteiger partial charge in [0.25, 0.3) is 0 Å². The lowest BCUT2D eigenvalue weighted by Crippen LogP contribution is -2.45. The second-order valence-corrected chi connectivity index (χ2v) is 27.4. The Morgan fingerprint density at radius 3 is 1.01 bits per heavy atom. The number of hydrogen-bond acceptors (Lipinski definition) is 5. The molecule has 0 spiro atoms. The Morgan fingerprint density at radius 2 is 0.670 bits per heavy atom. The molecule has 0 saturated heterocycles. The number of amides is 1. The predicted octanol–water partition coefficient (Wildman–Crippen LogP) is 24.5. The van der Waals surface area contributed by atoms with Gasteiger partial charge in [-0.25, -0.2) is 4.57 Å². The van der Waals surface area contributed by atoms with Crippen LogP contribution in [0.1, 0.15) is 303 Å². The van der Waals surface area contributed by atoms with E-state index in [1.807, 2.05) is 27.2 Å². The number of phosphoric acid groups is 1. The number of phosphoric ester groups is 1. The van der Waals surface area contributed by atoms with Crippen molar-refractivity contribution in [2.24, 2.45) is 0 Å². The van der Waals surface area contributed by atoms with Gasteiger partial charge in [0, 0.05) is 6.42 Å². The van der Waals surface area contributed by atoms with Gasteiger partial charge >= 0.3 is 7.82 Å². The summed E-state index contributed by atoms with van der Waals surface area (Å²) >= 11 is 0. The predicted molar refractivity (Wildman–Crippen MR) is 400 cm³/mol. The monoisotopic (exact) mass is 1280 g/mol. The average Bonchev–Trinajstić information content (AvgIpc) is 3.58. The standard InChI is InChI=1S/C82H141N2O6P/c1-6-8-10-12-14-16-18-20-22-24-26-28-30-32-34-36-38-39-40-41-42-43-44-45-46-48-50-52-54-56-58-60-62-64-66-68-70-72-74-76-82(86)83-80(79-90-91(87,88)89-78-77-84(3,4)5)81(85)75-73-71-69-67-65-63-61-59-57-55-53-51-49-47-37-35-33-31-29-27-25-23-21-19-17-15-13-11-9-7-2/h8,10,14,16,20,22,26,28,32,34,38-39,41-42,44-45,48,50,54,56-57,59,65,67,73,75,80-81,85H,6-7,9,11-13,15,17-19,21,23-25,27,29-31,33,35-37,40,43,46-47,49,51-53,55,58,60-64,66,68-72,74,76-79H2,1-5H3,(H-,83,86,87,88)/p+1/b10-8-,16-14-,22-20-,28-26-,34-32-,39-38-,42-41-,45-44-,50-48-,56-54-,59-57+,67-65+,75-73+. The normalized spacial score (nSPS) is 14.5. The number of nitrogens with zero attached hydrogens (tertiary/aromatic N) is 1. The second-order valence-electron chi connectivity index (χ2n) is 25.9. The van der Waals surface area contributed by atoms with Crippen LogP contribution in [0.3, 0.4) is 0 Å². The van der Waals surface area contributed by atoms with E-state index in [1.54, 1.807) is 6.08 Å². The summed E-state index contributed by atoms with van der Waals surface area (Å²) < 4.78 is 23.8. The third-order valence-electron chi connectivity index (χ3n) is 16.0. The van der Waals surface area contributed by atoms with E-state index in [2.05, 4.69) is 165 Å². The topological polar surface area (TPSA) is 105 Å². The van der Waals surface area contributed by atoms with Crippen LogP contribution in [0.2, 0.25) is 0 Å². The average molecular weight is 1280 g/mol. The van der Waals surface area contributed by atoms with Crippen molar-refractivity contribution in [3.8, 4) is 0 Å². The number of carbonyl (C=O) groups is 1. The van der Waals surface area contributed by atoms with Gasteiger partial charge in [0.2, 0.25) is 5.91 Å². The zero-order valence-corrected chi connectivity index (χ0v) is 60.4. The van der Waals surface area contributed by atoms with Crippen LogP contribution in [0.25, 0.3) is 0 Å². The molecule has 0 fully saturated rings. The van der Waals surface area contributed by atoms with Crippen molar-refractivity contribution >= 4 is 13.7 Å². The van der Waals surface area contributed by atoms with E-state index in [4.69, 9.17) is 9.05 Å². The fraction of sp³-hybridized carbons (Fsp3) is 0.671. The fourth-order valence-electron chi connectivity index (χ4n) is 10.2.